The van der Waals surface area contributed by atoms with Gasteiger partial charge in [-0.05, 0) is 29.1 Å². The topological polar surface area (TPSA) is 23.3 Å². The molecule has 0 radical (unpaired) electrons. The molecule has 0 spiro atoms. The molecule has 0 fully saturated rings. The normalized spacial score (nSPS) is 10.3. The Hall–Kier alpha value is -2.38. The Balaban J connectivity index is 0.00000156. The molecule has 108 valence electrons. The second-order valence-corrected chi connectivity index (χ2v) is 5.10. The first kappa shape index (κ1) is 15.5. The van der Waals surface area contributed by atoms with Crippen LogP contribution in [0.1, 0.15) is 0 Å². The molecule has 1 heterocycles. The average Bonchev–Trinajstić information content (AvgIpc) is 3.05. The van der Waals surface area contributed by atoms with E-state index in [4.69, 9.17) is 4.74 Å². The quantitative estimate of drug-likeness (QED) is 0.471. The van der Waals surface area contributed by atoms with Gasteiger partial charge in [0.05, 0.1) is 0 Å². The maximum absolute atomic E-state index is 6.06. The van der Waals surface area contributed by atoms with Crippen LogP contribution in [0.25, 0.3) is 22.0 Å². The van der Waals surface area contributed by atoms with Gasteiger partial charge in [0, 0.05) is 25.0 Å². The number of para-hydroxylation sites is 3. The summed E-state index contributed by atoms with van der Waals surface area (Å²) >= 11 is 0. The van der Waals surface area contributed by atoms with Crippen molar-refractivity contribution in [2.75, 3.05) is 0 Å². The third-order valence-electron chi connectivity index (χ3n) is 3.67. The summed E-state index contributed by atoms with van der Waals surface area (Å²) in [7, 11) is 0. The van der Waals surface area contributed by atoms with Crippen molar-refractivity contribution in [1.29, 1.82) is 0 Å². The minimum absolute atomic E-state index is 0. The molecule has 0 bridgehead atoms. The summed E-state index contributed by atoms with van der Waals surface area (Å²) in [5.74, 6) is 1.67. The summed E-state index contributed by atoms with van der Waals surface area (Å²) in [6.45, 7) is 0. The molecule has 0 atom stereocenters. The van der Waals surface area contributed by atoms with Crippen LogP contribution in [0.5, 0.6) is 11.5 Å². The standard InChI is InChI=1S/C20H14NO.Zn/c1-2-8-16(9-3-1)22-19-12-5-4-10-17(19)18-11-6-7-15-13-14-21-20(15)18;/h1-14H;/q-1;. The first-order valence-corrected chi connectivity index (χ1v) is 7.24. The van der Waals surface area contributed by atoms with Gasteiger partial charge in [0.15, 0.2) is 0 Å². The van der Waals surface area contributed by atoms with Gasteiger partial charge in [-0.15, -0.1) is 5.52 Å². The molecule has 0 saturated carbocycles. The SMILES string of the molecule is [Zn].c1ccc(Oc2ccccc2-c2cccc3cc[n-]c23)cc1. The van der Waals surface area contributed by atoms with Crippen molar-refractivity contribution < 1.29 is 24.2 Å². The third kappa shape index (κ3) is 3.06. The summed E-state index contributed by atoms with van der Waals surface area (Å²) in [6, 6.07) is 26.1. The van der Waals surface area contributed by atoms with E-state index in [1.54, 1.807) is 0 Å². The average molecular weight is 350 g/mol. The smallest absolute Gasteiger partial charge is 0.135 e. The van der Waals surface area contributed by atoms with E-state index < -0.39 is 0 Å². The van der Waals surface area contributed by atoms with Crippen molar-refractivity contribution in [1.82, 2.24) is 4.98 Å². The second-order valence-electron chi connectivity index (χ2n) is 5.10. The van der Waals surface area contributed by atoms with Crippen LogP contribution in [-0.4, -0.2) is 0 Å². The van der Waals surface area contributed by atoms with E-state index in [2.05, 4.69) is 29.2 Å². The van der Waals surface area contributed by atoms with E-state index in [1.165, 1.54) is 0 Å². The first-order chi connectivity index (χ1) is 10.9. The fraction of sp³-hybridized carbons (Fsp3) is 0. The van der Waals surface area contributed by atoms with Gasteiger partial charge in [-0.25, -0.2) is 0 Å². The number of benzene rings is 3. The summed E-state index contributed by atoms with van der Waals surface area (Å²) in [4.78, 5) is 4.49. The number of hydrogen-bond donors (Lipinski definition) is 0. The van der Waals surface area contributed by atoms with Crippen LogP contribution in [0.15, 0.2) is 85.1 Å². The van der Waals surface area contributed by atoms with Crippen LogP contribution in [0.2, 0.25) is 0 Å². The minimum atomic E-state index is 0. The fourth-order valence-corrected chi connectivity index (χ4v) is 2.64. The van der Waals surface area contributed by atoms with Crippen molar-refractivity contribution in [2.45, 2.75) is 0 Å². The van der Waals surface area contributed by atoms with Gasteiger partial charge in [-0.2, -0.15) is 6.20 Å². The van der Waals surface area contributed by atoms with Gasteiger partial charge in [-0.3, -0.25) is 0 Å². The molecule has 4 rings (SSSR count). The summed E-state index contributed by atoms with van der Waals surface area (Å²) in [6.07, 6.45) is 1.84. The molecular formula is C20H14NOZn-. The zero-order valence-corrected chi connectivity index (χ0v) is 15.6. The Bertz CT molecular complexity index is 915. The van der Waals surface area contributed by atoms with Gasteiger partial charge >= 0.3 is 0 Å². The Morgan fingerprint density at radius 3 is 2.26 bits per heavy atom. The zero-order chi connectivity index (χ0) is 14.8. The summed E-state index contributed by atoms with van der Waals surface area (Å²) < 4.78 is 6.06. The van der Waals surface area contributed by atoms with Crippen molar-refractivity contribution in [3.05, 3.63) is 85.1 Å². The van der Waals surface area contributed by atoms with Gasteiger partial charge in [0.25, 0.3) is 0 Å². The molecule has 4 aromatic rings. The molecule has 23 heavy (non-hydrogen) atoms. The van der Waals surface area contributed by atoms with E-state index in [0.717, 1.165) is 33.5 Å². The van der Waals surface area contributed by atoms with E-state index in [1.807, 2.05) is 60.8 Å². The molecule has 0 aliphatic heterocycles. The Morgan fingerprint density at radius 2 is 1.39 bits per heavy atom. The number of ether oxygens (including phenoxy) is 1. The number of rotatable bonds is 3. The largest absolute Gasteiger partial charge is 0.663 e. The van der Waals surface area contributed by atoms with Crippen molar-refractivity contribution in [3.63, 3.8) is 0 Å². The maximum atomic E-state index is 6.06. The number of fused-ring (bicyclic) bond motifs is 1. The molecule has 0 aliphatic rings. The molecule has 1 aromatic heterocycles. The van der Waals surface area contributed by atoms with E-state index in [9.17, 15) is 0 Å². The number of nitrogens with zero attached hydrogens (tertiary/aromatic N) is 1. The Labute approximate surface area is 147 Å². The van der Waals surface area contributed by atoms with Gasteiger partial charge in [-0.1, -0.05) is 60.7 Å². The van der Waals surface area contributed by atoms with Crippen LogP contribution in [-0.2, 0) is 19.5 Å². The van der Waals surface area contributed by atoms with Gasteiger partial charge in [0.1, 0.15) is 11.5 Å². The van der Waals surface area contributed by atoms with Crippen molar-refractivity contribution in [2.24, 2.45) is 0 Å². The fourth-order valence-electron chi connectivity index (χ4n) is 2.64. The van der Waals surface area contributed by atoms with Crippen LogP contribution >= 0.6 is 0 Å². The predicted octanol–water partition coefficient (Wildman–Crippen LogP) is 5.25. The molecule has 2 nitrogen and oxygen atoms in total. The third-order valence-corrected chi connectivity index (χ3v) is 3.67. The molecule has 0 unspecified atom stereocenters. The predicted molar refractivity (Wildman–Crippen MR) is 89.2 cm³/mol. The first-order valence-electron chi connectivity index (χ1n) is 7.24. The van der Waals surface area contributed by atoms with Crippen LogP contribution in [0.3, 0.4) is 0 Å². The molecule has 3 aromatic carbocycles. The van der Waals surface area contributed by atoms with Crippen molar-refractivity contribution >= 4 is 10.9 Å². The Morgan fingerprint density at radius 1 is 0.652 bits per heavy atom. The molecule has 0 N–H and O–H groups in total. The van der Waals surface area contributed by atoms with E-state index >= 15 is 0 Å². The monoisotopic (exact) mass is 348 g/mol. The minimum Gasteiger partial charge on any atom is -0.663 e. The van der Waals surface area contributed by atoms with Crippen molar-refractivity contribution in [3.8, 4) is 22.6 Å². The number of aromatic nitrogens is 1. The summed E-state index contributed by atoms with van der Waals surface area (Å²) in [5, 5.41) is 1.15. The summed E-state index contributed by atoms with van der Waals surface area (Å²) in [5.41, 5.74) is 3.15. The number of hydrogen-bond acceptors (Lipinski definition) is 1. The van der Waals surface area contributed by atoms with Crippen LogP contribution in [0.4, 0.5) is 0 Å². The second kappa shape index (κ2) is 6.81. The molecular weight excluding hydrogens is 336 g/mol. The van der Waals surface area contributed by atoms with Crippen LogP contribution < -0.4 is 9.72 Å². The van der Waals surface area contributed by atoms with E-state index in [-0.39, 0.29) is 19.5 Å². The molecule has 0 saturated heterocycles. The molecule has 0 amide bonds. The molecule has 0 aliphatic carbocycles. The van der Waals surface area contributed by atoms with E-state index in [0.29, 0.717) is 0 Å². The van der Waals surface area contributed by atoms with Gasteiger partial charge < -0.3 is 9.72 Å². The van der Waals surface area contributed by atoms with Crippen LogP contribution in [0, 0.1) is 0 Å². The van der Waals surface area contributed by atoms with Gasteiger partial charge in [0.2, 0.25) is 0 Å². The zero-order valence-electron chi connectivity index (χ0n) is 12.6. The maximum Gasteiger partial charge on any atom is 0.135 e. The molecule has 3 heteroatoms. The Kier molecular flexibility index (Phi) is 4.59.